The minimum absolute atomic E-state index is 0.197. The van der Waals surface area contributed by atoms with Crippen LogP contribution in [0.15, 0.2) is 67.7 Å². The number of hydrogen-bond donors (Lipinski definition) is 1. The van der Waals surface area contributed by atoms with Crippen LogP contribution in [0.5, 0.6) is 0 Å². The van der Waals surface area contributed by atoms with Crippen LogP contribution in [-0.4, -0.2) is 28.0 Å². The molecule has 1 amide bonds. The third-order valence-corrected chi connectivity index (χ3v) is 3.45. The third-order valence-electron chi connectivity index (χ3n) is 3.45. The van der Waals surface area contributed by atoms with E-state index in [1.165, 1.54) is 19.5 Å². The number of nitrogens with one attached hydrogen (secondary N) is 1. The highest BCUT2D eigenvalue weighted by Crippen LogP contribution is 2.23. The van der Waals surface area contributed by atoms with Crippen molar-refractivity contribution in [2.75, 3.05) is 12.4 Å². The Kier molecular flexibility index (Phi) is 6.73. The molecule has 6 nitrogen and oxygen atoms in total. The molecule has 0 atom stereocenters. The maximum atomic E-state index is 13.2. The Morgan fingerprint density at radius 2 is 2.04 bits per heavy atom. The van der Waals surface area contributed by atoms with Gasteiger partial charge in [0.1, 0.15) is 23.7 Å². The Morgan fingerprint density at radius 3 is 2.69 bits per heavy atom. The van der Waals surface area contributed by atoms with Crippen molar-refractivity contribution in [3.63, 3.8) is 0 Å². The average Bonchev–Trinajstić information content (AvgIpc) is 2.65. The molecular weight excluding hydrogens is 335 g/mol. The molecule has 0 fully saturated rings. The quantitative estimate of drug-likeness (QED) is 0.580. The maximum Gasteiger partial charge on any atom is 0.225 e. The number of aromatic nitrogens is 3. The number of anilines is 1. The standard InChI is InChI=1S/C19H19FN4O2/c1-13(20)10-16(14(2)26-3)17-11-18(23-12-22-17)24-19(25)5-4-15-6-8-21-9-7-15/h6-12H,1-2,4-5H2,3H3,(H,22,23,24,25)/b16-10+. The molecular formula is C19H19FN4O2. The number of methoxy groups -OCH3 is 1. The van der Waals surface area contributed by atoms with Crippen LogP contribution in [0.4, 0.5) is 10.2 Å². The molecule has 0 saturated heterocycles. The monoisotopic (exact) mass is 354 g/mol. The summed E-state index contributed by atoms with van der Waals surface area (Å²) < 4.78 is 18.3. The van der Waals surface area contributed by atoms with E-state index in [1.807, 2.05) is 12.1 Å². The van der Waals surface area contributed by atoms with Gasteiger partial charge in [0.25, 0.3) is 0 Å². The van der Waals surface area contributed by atoms with Crippen molar-refractivity contribution in [2.45, 2.75) is 12.8 Å². The van der Waals surface area contributed by atoms with Gasteiger partial charge in [-0.2, -0.15) is 0 Å². The number of allylic oxidation sites excluding steroid dienone is 3. The maximum absolute atomic E-state index is 13.2. The van der Waals surface area contributed by atoms with Gasteiger partial charge in [0.2, 0.25) is 5.91 Å². The Hall–Kier alpha value is -3.35. The summed E-state index contributed by atoms with van der Waals surface area (Å²) in [6.45, 7) is 6.91. The summed E-state index contributed by atoms with van der Waals surface area (Å²) in [6, 6.07) is 5.23. The predicted molar refractivity (Wildman–Crippen MR) is 97.6 cm³/mol. The highest BCUT2D eigenvalue weighted by Gasteiger charge is 2.12. The van der Waals surface area contributed by atoms with Gasteiger partial charge in [-0.05, 0) is 30.2 Å². The van der Waals surface area contributed by atoms with Crippen LogP contribution in [0.1, 0.15) is 17.7 Å². The molecule has 7 heteroatoms. The topological polar surface area (TPSA) is 77.0 Å². The number of carbonyl (C=O) groups excluding carboxylic acids is 1. The van der Waals surface area contributed by atoms with Gasteiger partial charge in [-0.15, -0.1) is 0 Å². The number of amides is 1. The van der Waals surface area contributed by atoms with Gasteiger partial charge in [-0.3, -0.25) is 9.78 Å². The van der Waals surface area contributed by atoms with Crippen LogP contribution >= 0.6 is 0 Å². The first kappa shape index (κ1) is 19.0. The largest absolute Gasteiger partial charge is 0.497 e. The molecule has 0 saturated carbocycles. The Bertz CT molecular complexity index is 834. The fourth-order valence-corrected chi connectivity index (χ4v) is 2.15. The van der Waals surface area contributed by atoms with Gasteiger partial charge < -0.3 is 10.1 Å². The van der Waals surface area contributed by atoms with E-state index in [9.17, 15) is 9.18 Å². The first-order chi connectivity index (χ1) is 12.5. The number of ether oxygens (including phenoxy) is 1. The van der Waals surface area contributed by atoms with Crippen molar-refractivity contribution in [3.8, 4) is 0 Å². The molecule has 2 heterocycles. The molecule has 0 aromatic carbocycles. The molecule has 0 unspecified atom stereocenters. The Labute approximate surface area is 151 Å². The molecule has 2 rings (SSSR count). The zero-order chi connectivity index (χ0) is 18.9. The lowest BCUT2D eigenvalue weighted by Gasteiger charge is -2.10. The summed E-state index contributed by atoms with van der Waals surface area (Å²) in [7, 11) is 1.42. The number of carbonyl (C=O) groups is 1. The fraction of sp³-hybridized carbons (Fsp3) is 0.158. The van der Waals surface area contributed by atoms with Crippen molar-refractivity contribution in [2.24, 2.45) is 0 Å². The number of rotatable bonds is 8. The molecule has 1 N–H and O–H groups in total. The number of hydrogen-bond acceptors (Lipinski definition) is 5. The smallest absolute Gasteiger partial charge is 0.225 e. The van der Waals surface area contributed by atoms with Gasteiger partial charge >= 0.3 is 0 Å². The second kappa shape index (κ2) is 9.22. The normalized spacial score (nSPS) is 10.9. The van der Waals surface area contributed by atoms with Crippen molar-refractivity contribution >= 4 is 17.3 Å². The lowest BCUT2D eigenvalue weighted by atomic mass is 10.1. The van der Waals surface area contributed by atoms with Crippen molar-refractivity contribution in [1.82, 2.24) is 15.0 Å². The summed E-state index contributed by atoms with van der Waals surface area (Å²) in [5.74, 6) is -0.344. The summed E-state index contributed by atoms with van der Waals surface area (Å²) in [5.41, 5.74) is 1.69. The van der Waals surface area contributed by atoms with Crippen molar-refractivity contribution < 1.29 is 13.9 Å². The van der Waals surface area contributed by atoms with Gasteiger partial charge in [-0.1, -0.05) is 13.2 Å². The van der Waals surface area contributed by atoms with E-state index in [-0.39, 0.29) is 18.1 Å². The van der Waals surface area contributed by atoms with Gasteiger partial charge in [-0.25, -0.2) is 14.4 Å². The van der Waals surface area contributed by atoms with Gasteiger partial charge in [0, 0.05) is 30.5 Å². The number of pyridine rings is 1. The molecule has 26 heavy (non-hydrogen) atoms. The van der Waals surface area contributed by atoms with Crippen LogP contribution < -0.4 is 5.32 Å². The second-order valence-corrected chi connectivity index (χ2v) is 5.32. The van der Waals surface area contributed by atoms with Crippen molar-refractivity contribution in [3.05, 3.63) is 79.0 Å². The van der Waals surface area contributed by atoms with E-state index in [4.69, 9.17) is 4.74 Å². The third kappa shape index (κ3) is 5.62. The van der Waals surface area contributed by atoms with E-state index in [0.29, 0.717) is 23.5 Å². The zero-order valence-electron chi connectivity index (χ0n) is 14.4. The van der Waals surface area contributed by atoms with Gasteiger partial charge in [0.15, 0.2) is 0 Å². The zero-order valence-corrected chi connectivity index (χ0v) is 14.4. The van der Waals surface area contributed by atoms with Crippen LogP contribution in [0.2, 0.25) is 0 Å². The molecule has 0 aliphatic heterocycles. The van der Waals surface area contributed by atoms with E-state index in [2.05, 4.69) is 33.4 Å². The summed E-state index contributed by atoms with van der Waals surface area (Å²) >= 11 is 0. The first-order valence-corrected chi connectivity index (χ1v) is 7.80. The lowest BCUT2D eigenvalue weighted by Crippen LogP contribution is -2.14. The Morgan fingerprint density at radius 1 is 1.31 bits per heavy atom. The van der Waals surface area contributed by atoms with Crippen molar-refractivity contribution in [1.29, 1.82) is 0 Å². The second-order valence-electron chi connectivity index (χ2n) is 5.32. The van der Waals surface area contributed by atoms with Crippen LogP contribution in [0.25, 0.3) is 5.57 Å². The highest BCUT2D eigenvalue weighted by molar-refractivity contribution is 5.90. The van der Waals surface area contributed by atoms with E-state index < -0.39 is 5.83 Å². The minimum atomic E-state index is -0.667. The summed E-state index contributed by atoms with van der Waals surface area (Å²) in [5, 5.41) is 2.70. The number of aryl methyl sites for hydroxylation is 1. The fourth-order valence-electron chi connectivity index (χ4n) is 2.15. The lowest BCUT2D eigenvalue weighted by molar-refractivity contribution is -0.116. The van der Waals surface area contributed by atoms with Gasteiger partial charge in [0.05, 0.1) is 12.8 Å². The molecule has 0 radical (unpaired) electrons. The van der Waals surface area contributed by atoms with Crippen LogP contribution in [-0.2, 0) is 16.0 Å². The molecule has 0 spiro atoms. The molecule has 2 aromatic rings. The van der Waals surface area contributed by atoms with E-state index in [1.54, 1.807) is 12.4 Å². The SMILES string of the molecule is C=C(F)/C=C(\C(=C)OC)c1cc(NC(=O)CCc2ccncc2)ncn1. The highest BCUT2D eigenvalue weighted by atomic mass is 19.1. The molecule has 2 aromatic heterocycles. The minimum Gasteiger partial charge on any atom is -0.497 e. The predicted octanol–water partition coefficient (Wildman–Crippen LogP) is 3.47. The average molecular weight is 354 g/mol. The molecule has 0 aliphatic rings. The van der Waals surface area contributed by atoms with E-state index >= 15 is 0 Å². The number of halogens is 1. The van der Waals surface area contributed by atoms with Crippen LogP contribution in [0.3, 0.4) is 0 Å². The number of nitrogens with zero attached hydrogens (tertiary/aromatic N) is 3. The molecule has 0 aliphatic carbocycles. The van der Waals surface area contributed by atoms with E-state index in [0.717, 1.165) is 11.6 Å². The first-order valence-electron chi connectivity index (χ1n) is 7.80. The summed E-state index contributed by atoms with van der Waals surface area (Å²) in [6.07, 6.45) is 6.66. The summed E-state index contributed by atoms with van der Waals surface area (Å²) in [4.78, 5) is 24.1. The van der Waals surface area contributed by atoms with Crippen LogP contribution in [0, 0.1) is 0 Å². The molecule has 0 bridgehead atoms. The Balaban J connectivity index is 2.09. The molecule has 134 valence electrons.